The highest BCUT2D eigenvalue weighted by Crippen LogP contribution is 2.29. The fourth-order valence-electron chi connectivity index (χ4n) is 3.73. The first-order chi connectivity index (χ1) is 16.2. The van der Waals surface area contributed by atoms with Crippen LogP contribution in [-0.4, -0.2) is 43.5 Å². The van der Waals surface area contributed by atoms with Crippen molar-refractivity contribution in [3.8, 4) is 11.1 Å². The molecule has 0 aliphatic heterocycles. The molecule has 0 fully saturated rings. The Morgan fingerprint density at radius 3 is 2.44 bits per heavy atom. The number of fused-ring (bicyclic) bond motifs is 1. The van der Waals surface area contributed by atoms with Crippen LogP contribution in [0.1, 0.15) is 11.1 Å². The second kappa shape index (κ2) is 9.12. The van der Waals surface area contributed by atoms with Crippen molar-refractivity contribution in [2.24, 2.45) is 5.73 Å². The number of nitrogens with two attached hydrogens (primary N) is 1. The van der Waals surface area contributed by atoms with E-state index in [1.165, 1.54) is 18.4 Å². The highest BCUT2D eigenvalue weighted by atomic mass is 32.2. The minimum Gasteiger partial charge on any atom is -0.384 e. The van der Waals surface area contributed by atoms with Crippen LogP contribution in [0.4, 0.5) is 5.69 Å². The molecule has 0 saturated heterocycles. The lowest BCUT2D eigenvalue weighted by Crippen LogP contribution is -2.22. The number of sulfonamides is 1. The summed E-state index contributed by atoms with van der Waals surface area (Å²) in [6.45, 7) is 0. The van der Waals surface area contributed by atoms with E-state index >= 15 is 0 Å². The highest BCUT2D eigenvalue weighted by molar-refractivity contribution is 7.89. The second-order valence-electron chi connectivity index (χ2n) is 8.07. The summed E-state index contributed by atoms with van der Waals surface area (Å²) in [5, 5.41) is 11.3. The third-order valence-corrected chi connectivity index (χ3v) is 7.43. The van der Waals surface area contributed by atoms with Gasteiger partial charge in [0.2, 0.25) is 15.9 Å². The van der Waals surface area contributed by atoms with Gasteiger partial charge in [-0.05, 0) is 47.5 Å². The topological polar surface area (TPSA) is 132 Å². The maximum Gasteiger partial charge on any atom is 0.243 e. The number of nitrogens with zero attached hydrogens (tertiary/aromatic N) is 1. The van der Waals surface area contributed by atoms with Crippen molar-refractivity contribution >= 4 is 38.4 Å². The van der Waals surface area contributed by atoms with E-state index in [4.69, 9.17) is 11.1 Å². The average Bonchev–Trinajstić information content (AvgIpc) is 3.21. The lowest BCUT2D eigenvalue weighted by atomic mass is 10.0. The molecule has 0 spiro atoms. The average molecular weight is 476 g/mol. The third kappa shape index (κ3) is 4.57. The number of nitrogen functional groups attached to an aromatic ring is 1. The SMILES string of the molecule is CN(C)S(=O)(=O)c1ccccc1-c1ccc(NC(=O)Cc2c[nH]c3ccc(C(=N)N)cc23)cc1. The Morgan fingerprint density at radius 2 is 1.76 bits per heavy atom. The van der Waals surface area contributed by atoms with Gasteiger partial charge in [0.15, 0.2) is 0 Å². The van der Waals surface area contributed by atoms with Gasteiger partial charge in [0.25, 0.3) is 0 Å². The van der Waals surface area contributed by atoms with Gasteiger partial charge < -0.3 is 16.0 Å². The Hall–Kier alpha value is -3.95. The van der Waals surface area contributed by atoms with E-state index in [1.54, 1.807) is 66.9 Å². The number of carbonyl (C=O) groups is 1. The number of carbonyl (C=O) groups excluding carboxylic acids is 1. The van der Waals surface area contributed by atoms with Gasteiger partial charge in [0, 0.05) is 48.0 Å². The number of benzene rings is 3. The molecule has 0 aliphatic carbocycles. The van der Waals surface area contributed by atoms with Gasteiger partial charge in [-0.1, -0.05) is 30.3 Å². The maximum atomic E-state index is 12.7. The van der Waals surface area contributed by atoms with Crippen molar-refractivity contribution < 1.29 is 13.2 Å². The molecule has 0 bridgehead atoms. The van der Waals surface area contributed by atoms with Gasteiger partial charge in [-0.3, -0.25) is 10.2 Å². The number of hydrogen-bond donors (Lipinski definition) is 4. The second-order valence-corrected chi connectivity index (χ2v) is 10.2. The molecule has 1 heterocycles. The first-order valence-corrected chi connectivity index (χ1v) is 12.0. The van der Waals surface area contributed by atoms with Crippen LogP contribution in [0.3, 0.4) is 0 Å². The van der Waals surface area contributed by atoms with Crippen LogP contribution >= 0.6 is 0 Å². The predicted octanol–water partition coefficient (Wildman–Crippen LogP) is 3.55. The quantitative estimate of drug-likeness (QED) is 0.240. The number of amidine groups is 1. The molecule has 5 N–H and O–H groups in total. The van der Waals surface area contributed by atoms with E-state index in [1.807, 2.05) is 6.07 Å². The molecule has 174 valence electrons. The molecular weight excluding hydrogens is 450 g/mol. The number of aromatic amines is 1. The number of rotatable bonds is 7. The van der Waals surface area contributed by atoms with Crippen LogP contribution < -0.4 is 11.1 Å². The zero-order chi connectivity index (χ0) is 24.5. The smallest absolute Gasteiger partial charge is 0.243 e. The summed E-state index contributed by atoms with van der Waals surface area (Å²) in [5.41, 5.74) is 9.77. The molecule has 1 aromatic heterocycles. The standard InChI is InChI=1S/C25H25N5O3S/c1-30(2)34(32,33)23-6-4-3-5-20(23)16-7-10-19(11-8-16)29-24(31)14-18-15-28-22-12-9-17(25(26)27)13-21(18)22/h3-13,15,28H,14H2,1-2H3,(H3,26,27)(H,29,31). The van der Waals surface area contributed by atoms with Crippen molar-refractivity contribution in [3.05, 3.63) is 84.1 Å². The summed E-state index contributed by atoms with van der Waals surface area (Å²) in [6.07, 6.45) is 1.92. The molecule has 4 aromatic rings. The Kier molecular flexibility index (Phi) is 6.23. The van der Waals surface area contributed by atoms with Gasteiger partial charge in [0.1, 0.15) is 5.84 Å². The van der Waals surface area contributed by atoms with E-state index in [2.05, 4.69) is 10.3 Å². The van der Waals surface area contributed by atoms with Gasteiger partial charge in [-0.15, -0.1) is 0 Å². The molecule has 3 aromatic carbocycles. The number of H-pyrrole nitrogens is 1. The van der Waals surface area contributed by atoms with Gasteiger partial charge in [-0.2, -0.15) is 0 Å². The van der Waals surface area contributed by atoms with Crippen LogP contribution in [0.2, 0.25) is 0 Å². The lowest BCUT2D eigenvalue weighted by molar-refractivity contribution is -0.115. The van der Waals surface area contributed by atoms with E-state index < -0.39 is 10.0 Å². The summed E-state index contributed by atoms with van der Waals surface area (Å²) in [4.78, 5) is 16.0. The first kappa shape index (κ1) is 23.2. The largest absolute Gasteiger partial charge is 0.384 e. The van der Waals surface area contributed by atoms with Crippen molar-refractivity contribution in [1.82, 2.24) is 9.29 Å². The molecule has 0 aliphatic rings. The van der Waals surface area contributed by atoms with Gasteiger partial charge >= 0.3 is 0 Å². The van der Waals surface area contributed by atoms with Crippen LogP contribution in [0.15, 0.2) is 77.8 Å². The van der Waals surface area contributed by atoms with Crippen molar-refractivity contribution in [1.29, 1.82) is 5.41 Å². The van der Waals surface area contributed by atoms with Crippen molar-refractivity contribution in [2.45, 2.75) is 11.3 Å². The molecule has 0 unspecified atom stereocenters. The number of nitrogens with one attached hydrogen (secondary N) is 3. The Balaban J connectivity index is 1.52. The summed E-state index contributed by atoms with van der Waals surface area (Å²) < 4.78 is 26.6. The molecule has 34 heavy (non-hydrogen) atoms. The zero-order valence-corrected chi connectivity index (χ0v) is 19.6. The summed E-state index contributed by atoms with van der Waals surface area (Å²) in [6, 6.07) is 19.3. The normalized spacial score (nSPS) is 11.6. The Bertz CT molecular complexity index is 1490. The fraction of sp³-hybridized carbons (Fsp3) is 0.120. The summed E-state index contributed by atoms with van der Waals surface area (Å²) in [5.74, 6) is -0.226. The third-order valence-electron chi connectivity index (χ3n) is 5.55. The molecule has 4 rings (SSSR count). The van der Waals surface area contributed by atoms with E-state index in [9.17, 15) is 13.2 Å². The summed E-state index contributed by atoms with van der Waals surface area (Å²) in [7, 11) is -0.602. The lowest BCUT2D eigenvalue weighted by Gasteiger charge is -2.15. The highest BCUT2D eigenvalue weighted by Gasteiger charge is 2.21. The van der Waals surface area contributed by atoms with Crippen LogP contribution in [0.25, 0.3) is 22.0 Å². The minimum atomic E-state index is -3.60. The minimum absolute atomic E-state index is 0.0291. The molecule has 8 nitrogen and oxygen atoms in total. The molecule has 9 heteroatoms. The zero-order valence-electron chi connectivity index (χ0n) is 18.8. The monoisotopic (exact) mass is 475 g/mol. The van der Waals surface area contributed by atoms with Crippen molar-refractivity contribution in [2.75, 3.05) is 19.4 Å². The number of aromatic nitrogens is 1. The number of anilines is 1. The fourth-order valence-corrected chi connectivity index (χ4v) is 4.84. The number of hydrogen-bond acceptors (Lipinski definition) is 4. The van der Waals surface area contributed by atoms with Crippen molar-refractivity contribution in [3.63, 3.8) is 0 Å². The van der Waals surface area contributed by atoms with Gasteiger partial charge in [-0.25, -0.2) is 12.7 Å². The Morgan fingerprint density at radius 1 is 1.06 bits per heavy atom. The summed E-state index contributed by atoms with van der Waals surface area (Å²) >= 11 is 0. The Labute approximate surface area is 198 Å². The molecular formula is C25H25N5O3S. The van der Waals surface area contributed by atoms with E-state index in [0.29, 0.717) is 16.8 Å². The first-order valence-electron chi connectivity index (χ1n) is 10.5. The maximum absolute atomic E-state index is 12.7. The molecule has 0 saturated carbocycles. The van der Waals surface area contributed by atoms with Crippen LogP contribution in [0, 0.1) is 5.41 Å². The molecule has 0 atom stereocenters. The van der Waals surface area contributed by atoms with E-state index in [0.717, 1.165) is 22.0 Å². The predicted molar refractivity (Wildman–Crippen MR) is 134 cm³/mol. The van der Waals surface area contributed by atoms with E-state index in [-0.39, 0.29) is 23.1 Å². The van der Waals surface area contributed by atoms with Crippen LogP contribution in [-0.2, 0) is 21.2 Å². The van der Waals surface area contributed by atoms with Crippen LogP contribution in [0.5, 0.6) is 0 Å². The molecule has 1 amide bonds. The molecule has 0 radical (unpaired) electrons. The number of amides is 1. The van der Waals surface area contributed by atoms with Gasteiger partial charge in [0.05, 0.1) is 11.3 Å².